The lowest BCUT2D eigenvalue weighted by atomic mass is 9.98. The predicted molar refractivity (Wildman–Crippen MR) is 117 cm³/mol. The van der Waals surface area contributed by atoms with Gasteiger partial charge in [0.05, 0.1) is 16.4 Å². The van der Waals surface area contributed by atoms with Gasteiger partial charge in [-0.2, -0.15) is 0 Å². The van der Waals surface area contributed by atoms with E-state index in [4.69, 9.17) is 14.2 Å². The maximum absolute atomic E-state index is 13.3. The van der Waals surface area contributed by atoms with Crippen molar-refractivity contribution in [3.05, 3.63) is 35.4 Å². The van der Waals surface area contributed by atoms with Gasteiger partial charge in [-0.3, -0.25) is 33.7 Å². The summed E-state index contributed by atoms with van der Waals surface area (Å²) < 4.78 is 16.1. The highest BCUT2D eigenvalue weighted by Crippen LogP contribution is 2.40. The molecule has 2 aliphatic rings. The Bertz CT molecular complexity index is 1010. The normalized spacial score (nSPS) is 25.9. The molecule has 2 aliphatic heterocycles. The van der Waals surface area contributed by atoms with Gasteiger partial charge in [0, 0.05) is 27.7 Å². The Morgan fingerprint density at radius 3 is 1.88 bits per heavy atom. The molecule has 182 valence electrons. The topological polar surface area (TPSA) is 145 Å². The highest BCUT2D eigenvalue weighted by Gasteiger charge is 2.56. The van der Waals surface area contributed by atoms with Crippen molar-refractivity contribution in [2.24, 2.45) is 0 Å². The fraction of sp³-hybridized carbons (Fsp3) is 0.455. The standard InChI is InChI=1S/C22H24N2O9S/c1-10(25)23-20-17(24-21(29)14-7-5-6-8-15(14)22(24)30)19(33-13(4)28)18(32-12(3)27)16(34-20)9-31-11(2)26/h5-8,16-20H,9H2,1-4H3,(H,23,25)/t16-,17-,18-,19-,20+/m1/s1. The third-order valence-corrected chi connectivity index (χ3v) is 6.63. The van der Waals surface area contributed by atoms with Crippen molar-refractivity contribution in [3.63, 3.8) is 0 Å². The smallest absolute Gasteiger partial charge is 0.303 e. The second-order valence-electron chi connectivity index (χ2n) is 7.76. The van der Waals surface area contributed by atoms with Gasteiger partial charge in [-0.15, -0.1) is 11.8 Å². The van der Waals surface area contributed by atoms with Gasteiger partial charge in [0.2, 0.25) is 5.91 Å². The number of nitrogens with zero attached hydrogens (tertiary/aromatic N) is 1. The number of hydrogen-bond acceptors (Lipinski definition) is 10. The molecule has 1 aromatic rings. The van der Waals surface area contributed by atoms with Crippen LogP contribution in [0.15, 0.2) is 24.3 Å². The van der Waals surface area contributed by atoms with Crippen LogP contribution in [0.4, 0.5) is 0 Å². The summed E-state index contributed by atoms with van der Waals surface area (Å²) in [7, 11) is 0. The largest absolute Gasteiger partial charge is 0.465 e. The molecule has 0 unspecified atom stereocenters. The van der Waals surface area contributed by atoms with Crippen molar-refractivity contribution in [1.82, 2.24) is 10.2 Å². The number of amides is 3. The fourth-order valence-electron chi connectivity index (χ4n) is 4.00. The lowest BCUT2D eigenvalue weighted by Gasteiger charge is -2.47. The summed E-state index contributed by atoms with van der Waals surface area (Å²) in [6, 6.07) is 4.98. The van der Waals surface area contributed by atoms with Crippen molar-refractivity contribution in [2.45, 2.75) is 56.6 Å². The van der Waals surface area contributed by atoms with Crippen LogP contribution in [-0.2, 0) is 33.4 Å². The van der Waals surface area contributed by atoms with E-state index in [2.05, 4.69) is 5.32 Å². The van der Waals surface area contributed by atoms with E-state index in [9.17, 15) is 28.8 Å². The molecule has 0 aromatic heterocycles. The van der Waals surface area contributed by atoms with Crippen molar-refractivity contribution in [3.8, 4) is 0 Å². The monoisotopic (exact) mass is 492 g/mol. The van der Waals surface area contributed by atoms with Crippen LogP contribution in [0, 0.1) is 0 Å². The minimum Gasteiger partial charge on any atom is -0.465 e. The molecule has 1 N–H and O–H groups in total. The first kappa shape index (κ1) is 25.2. The fourth-order valence-corrected chi connectivity index (χ4v) is 5.56. The van der Waals surface area contributed by atoms with Crippen LogP contribution >= 0.6 is 11.8 Å². The van der Waals surface area contributed by atoms with Crippen LogP contribution in [0.1, 0.15) is 48.4 Å². The molecular formula is C22H24N2O9S. The first-order valence-electron chi connectivity index (χ1n) is 10.4. The average Bonchev–Trinajstić information content (AvgIpc) is 2.98. The van der Waals surface area contributed by atoms with Gasteiger partial charge in [0.15, 0.2) is 12.2 Å². The third kappa shape index (κ3) is 5.22. The van der Waals surface area contributed by atoms with E-state index in [-0.39, 0.29) is 17.7 Å². The maximum atomic E-state index is 13.3. The molecule has 1 saturated heterocycles. The average molecular weight is 493 g/mol. The summed E-state index contributed by atoms with van der Waals surface area (Å²) in [5.74, 6) is -3.82. The zero-order valence-electron chi connectivity index (χ0n) is 18.9. The number of hydrogen-bond donors (Lipinski definition) is 1. The van der Waals surface area contributed by atoms with Crippen LogP contribution in [0.25, 0.3) is 0 Å². The molecule has 1 aromatic carbocycles. The molecular weight excluding hydrogens is 468 g/mol. The molecule has 2 heterocycles. The first-order chi connectivity index (χ1) is 16.0. The van der Waals surface area contributed by atoms with Crippen molar-refractivity contribution < 1.29 is 43.0 Å². The SMILES string of the molecule is CC(=O)N[C@H]1S[C@H](COC(C)=O)[C@@H](OC(C)=O)[C@H](OC(C)=O)[C@H]1N1C(=O)c2ccccc2C1=O. The molecule has 3 rings (SSSR count). The molecule has 0 radical (unpaired) electrons. The van der Waals surface area contributed by atoms with Crippen LogP contribution in [0.2, 0.25) is 0 Å². The molecule has 34 heavy (non-hydrogen) atoms. The van der Waals surface area contributed by atoms with Crippen LogP contribution < -0.4 is 5.32 Å². The quantitative estimate of drug-likeness (QED) is 0.341. The number of imide groups is 1. The maximum Gasteiger partial charge on any atom is 0.303 e. The first-order valence-corrected chi connectivity index (χ1v) is 11.3. The number of esters is 3. The Morgan fingerprint density at radius 2 is 1.41 bits per heavy atom. The van der Waals surface area contributed by atoms with E-state index in [1.165, 1.54) is 26.0 Å². The Hall–Kier alpha value is -3.41. The lowest BCUT2D eigenvalue weighted by molar-refractivity contribution is -0.172. The Morgan fingerprint density at radius 1 is 0.882 bits per heavy atom. The van der Waals surface area contributed by atoms with E-state index < -0.39 is 64.5 Å². The molecule has 0 aliphatic carbocycles. The van der Waals surface area contributed by atoms with E-state index in [0.29, 0.717) is 0 Å². The van der Waals surface area contributed by atoms with Crippen molar-refractivity contribution in [2.75, 3.05) is 6.61 Å². The summed E-state index contributed by atoms with van der Waals surface area (Å²) >= 11 is 1.04. The third-order valence-electron chi connectivity index (χ3n) is 5.18. The summed E-state index contributed by atoms with van der Waals surface area (Å²) in [5.41, 5.74) is 0.318. The molecule has 11 nitrogen and oxygen atoms in total. The van der Waals surface area contributed by atoms with Crippen LogP contribution in [0.5, 0.6) is 0 Å². The molecule has 0 bridgehead atoms. The van der Waals surface area contributed by atoms with Gasteiger partial charge in [-0.05, 0) is 12.1 Å². The number of fused-ring (bicyclic) bond motifs is 1. The number of carbonyl (C=O) groups excluding carboxylic acids is 6. The van der Waals surface area contributed by atoms with E-state index in [1.807, 2.05) is 0 Å². The Kier molecular flexibility index (Phi) is 7.60. The molecule has 0 spiro atoms. The van der Waals surface area contributed by atoms with Gasteiger partial charge in [0.1, 0.15) is 18.0 Å². The second-order valence-corrected chi connectivity index (χ2v) is 9.15. The van der Waals surface area contributed by atoms with Gasteiger partial charge >= 0.3 is 17.9 Å². The molecule has 0 saturated carbocycles. The van der Waals surface area contributed by atoms with Gasteiger partial charge in [-0.1, -0.05) is 12.1 Å². The number of rotatable bonds is 6. The number of nitrogens with one attached hydrogen (secondary N) is 1. The molecule has 3 amide bonds. The summed E-state index contributed by atoms with van der Waals surface area (Å²) in [5, 5.41) is 0.938. The van der Waals surface area contributed by atoms with Crippen LogP contribution in [-0.4, -0.2) is 76.0 Å². The molecule has 12 heteroatoms. The second kappa shape index (κ2) is 10.2. The Balaban J connectivity index is 2.11. The number of carbonyl (C=O) groups is 6. The molecule has 5 atom stereocenters. The highest BCUT2D eigenvalue weighted by atomic mass is 32.2. The van der Waals surface area contributed by atoms with Gasteiger partial charge in [-0.25, -0.2) is 0 Å². The van der Waals surface area contributed by atoms with E-state index in [0.717, 1.165) is 30.5 Å². The van der Waals surface area contributed by atoms with E-state index in [1.54, 1.807) is 12.1 Å². The predicted octanol–water partition coefficient (Wildman–Crippen LogP) is 0.655. The Labute approximate surface area is 199 Å². The summed E-state index contributed by atoms with van der Waals surface area (Å²) in [6.45, 7) is 4.49. The minimum atomic E-state index is -1.35. The minimum absolute atomic E-state index is 0.159. The summed E-state index contributed by atoms with van der Waals surface area (Å²) in [4.78, 5) is 74.9. The lowest BCUT2D eigenvalue weighted by Crippen LogP contribution is -2.67. The van der Waals surface area contributed by atoms with Gasteiger partial charge in [0.25, 0.3) is 11.8 Å². The van der Waals surface area contributed by atoms with Crippen molar-refractivity contribution >= 4 is 47.4 Å². The molecule has 1 fully saturated rings. The van der Waals surface area contributed by atoms with Crippen LogP contribution in [0.3, 0.4) is 0 Å². The van der Waals surface area contributed by atoms with Gasteiger partial charge < -0.3 is 19.5 Å². The summed E-state index contributed by atoms with van der Waals surface area (Å²) in [6.07, 6.45) is -2.53. The number of ether oxygens (including phenoxy) is 3. The number of thioether (sulfide) groups is 1. The van der Waals surface area contributed by atoms with E-state index >= 15 is 0 Å². The van der Waals surface area contributed by atoms with Crippen molar-refractivity contribution in [1.29, 1.82) is 0 Å². The zero-order valence-corrected chi connectivity index (χ0v) is 19.7. The zero-order chi connectivity index (χ0) is 25.2. The number of benzene rings is 1. The highest BCUT2D eigenvalue weighted by molar-refractivity contribution is 8.00.